The normalized spacial score (nSPS) is 13.2. The van der Waals surface area contributed by atoms with Gasteiger partial charge in [-0.2, -0.15) is 13.2 Å². The number of carbonyl (C=O) groups is 1. The van der Waals surface area contributed by atoms with E-state index in [0.717, 1.165) is 12.1 Å². The molecular weight excluding hydrogens is 235 g/mol. The second-order valence-corrected chi connectivity index (χ2v) is 3.51. The van der Waals surface area contributed by atoms with Gasteiger partial charge in [0.05, 0.1) is 19.1 Å². The molecule has 1 atom stereocenters. The minimum absolute atomic E-state index is 0.0676. The number of alkyl halides is 3. The number of hydrogen-bond donors (Lipinski definition) is 1. The van der Waals surface area contributed by atoms with E-state index in [4.69, 9.17) is 5.73 Å². The van der Waals surface area contributed by atoms with Gasteiger partial charge in [0, 0.05) is 6.04 Å². The van der Waals surface area contributed by atoms with Crippen LogP contribution in [0.2, 0.25) is 0 Å². The monoisotopic (exact) mass is 247 g/mol. The zero-order valence-corrected chi connectivity index (χ0v) is 9.12. The van der Waals surface area contributed by atoms with E-state index < -0.39 is 23.8 Å². The highest BCUT2D eigenvalue weighted by Gasteiger charge is 2.30. The summed E-state index contributed by atoms with van der Waals surface area (Å²) in [5, 5.41) is 0. The molecule has 0 aromatic heterocycles. The summed E-state index contributed by atoms with van der Waals surface area (Å²) in [5.41, 5.74) is 5.37. The molecule has 1 aromatic carbocycles. The van der Waals surface area contributed by atoms with Gasteiger partial charge < -0.3 is 10.5 Å². The summed E-state index contributed by atoms with van der Waals surface area (Å²) in [6.45, 7) is 0. The zero-order chi connectivity index (χ0) is 13.1. The Morgan fingerprint density at radius 1 is 1.35 bits per heavy atom. The van der Waals surface area contributed by atoms with Crippen LogP contribution in [0.25, 0.3) is 0 Å². The van der Waals surface area contributed by atoms with Gasteiger partial charge in [-0.3, -0.25) is 4.79 Å². The summed E-state index contributed by atoms with van der Waals surface area (Å²) in [6, 6.07) is 3.73. The number of methoxy groups -OCH3 is 1. The quantitative estimate of drug-likeness (QED) is 0.833. The summed E-state index contributed by atoms with van der Waals surface area (Å²) in [5.74, 6) is -0.502. The molecule has 0 aliphatic rings. The third-order valence-electron chi connectivity index (χ3n) is 2.28. The Balaban J connectivity index is 2.77. The van der Waals surface area contributed by atoms with Gasteiger partial charge in [0.15, 0.2) is 0 Å². The topological polar surface area (TPSA) is 52.3 Å². The van der Waals surface area contributed by atoms with Gasteiger partial charge in [-0.15, -0.1) is 0 Å². The van der Waals surface area contributed by atoms with Crippen molar-refractivity contribution in [2.24, 2.45) is 5.73 Å². The summed E-state index contributed by atoms with van der Waals surface area (Å²) < 4.78 is 41.3. The van der Waals surface area contributed by atoms with Crippen molar-refractivity contribution in [3.05, 3.63) is 35.4 Å². The molecular formula is C11H12F3NO2. The van der Waals surface area contributed by atoms with E-state index in [9.17, 15) is 18.0 Å². The van der Waals surface area contributed by atoms with Crippen LogP contribution >= 0.6 is 0 Å². The van der Waals surface area contributed by atoms with Gasteiger partial charge in [-0.25, -0.2) is 0 Å². The summed E-state index contributed by atoms with van der Waals surface area (Å²) in [7, 11) is 1.22. The molecule has 0 aliphatic carbocycles. The van der Waals surface area contributed by atoms with Crippen molar-refractivity contribution in [3.63, 3.8) is 0 Å². The molecule has 0 saturated carbocycles. The van der Waals surface area contributed by atoms with Crippen LogP contribution in [0.1, 0.15) is 23.6 Å². The minimum atomic E-state index is -4.37. The summed E-state index contributed by atoms with van der Waals surface area (Å²) >= 11 is 0. The van der Waals surface area contributed by atoms with Crippen molar-refractivity contribution in [2.75, 3.05) is 7.11 Å². The molecule has 0 bridgehead atoms. The van der Waals surface area contributed by atoms with Crippen molar-refractivity contribution < 1.29 is 22.7 Å². The molecule has 0 aliphatic heterocycles. The Hall–Kier alpha value is -1.56. The number of carbonyl (C=O) groups excluding carboxylic acids is 1. The molecule has 0 spiro atoms. The molecule has 0 amide bonds. The number of rotatable bonds is 3. The maximum Gasteiger partial charge on any atom is 0.416 e. The van der Waals surface area contributed by atoms with Gasteiger partial charge in [-0.1, -0.05) is 12.1 Å². The molecule has 1 aromatic rings. The first kappa shape index (κ1) is 13.5. The fourth-order valence-electron chi connectivity index (χ4n) is 1.30. The van der Waals surface area contributed by atoms with Gasteiger partial charge in [0.25, 0.3) is 0 Å². The van der Waals surface area contributed by atoms with Crippen LogP contribution in [0.4, 0.5) is 13.2 Å². The fourth-order valence-corrected chi connectivity index (χ4v) is 1.30. The fraction of sp³-hybridized carbons (Fsp3) is 0.364. The van der Waals surface area contributed by atoms with Crippen LogP contribution in [0.5, 0.6) is 0 Å². The lowest BCUT2D eigenvalue weighted by molar-refractivity contribution is -0.141. The SMILES string of the molecule is COC(=O)CC(N)c1ccc(C(F)(F)F)cc1. The minimum Gasteiger partial charge on any atom is -0.469 e. The Morgan fingerprint density at radius 2 is 1.88 bits per heavy atom. The number of halogens is 3. The lowest BCUT2D eigenvalue weighted by Crippen LogP contribution is -2.16. The second kappa shape index (κ2) is 5.18. The maximum absolute atomic E-state index is 12.3. The molecule has 1 rings (SSSR count). The zero-order valence-electron chi connectivity index (χ0n) is 9.12. The van der Waals surface area contributed by atoms with Crippen molar-refractivity contribution >= 4 is 5.97 Å². The third kappa shape index (κ3) is 3.74. The van der Waals surface area contributed by atoms with E-state index in [1.54, 1.807) is 0 Å². The van der Waals surface area contributed by atoms with E-state index in [1.165, 1.54) is 19.2 Å². The predicted molar refractivity (Wildman–Crippen MR) is 55.0 cm³/mol. The van der Waals surface area contributed by atoms with Crippen LogP contribution in [-0.2, 0) is 15.7 Å². The largest absolute Gasteiger partial charge is 0.469 e. The molecule has 0 fully saturated rings. The first-order chi connectivity index (χ1) is 7.84. The lowest BCUT2D eigenvalue weighted by atomic mass is 10.0. The highest BCUT2D eigenvalue weighted by Crippen LogP contribution is 2.29. The molecule has 94 valence electrons. The van der Waals surface area contributed by atoms with Crippen molar-refractivity contribution in [2.45, 2.75) is 18.6 Å². The van der Waals surface area contributed by atoms with Gasteiger partial charge >= 0.3 is 12.1 Å². The van der Waals surface area contributed by atoms with Gasteiger partial charge in [-0.05, 0) is 17.7 Å². The summed E-state index contributed by atoms with van der Waals surface area (Å²) in [4.78, 5) is 10.9. The number of ether oxygens (including phenoxy) is 1. The van der Waals surface area contributed by atoms with Crippen LogP contribution in [0.3, 0.4) is 0 Å². The van der Waals surface area contributed by atoms with E-state index in [0.29, 0.717) is 5.56 Å². The Kier molecular flexibility index (Phi) is 4.11. The Bertz CT molecular complexity index is 387. The van der Waals surface area contributed by atoms with Crippen molar-refractivity contribution in [1.29, 1.82) is 0 Å². The molecule has 0 radical (unpaired) electrons. The second-order valence-electron chi connectivity index (χ2n) is 3.51. The third-order valence-corrected chi connectivity index (χ3v) is 2.28. The standard InChI is InChI=1S/C11H12F3NO2/c1-17-10(16)6-9(15)7-2-4-8(5-3-7)11(12,13)14/h2-5,9H,6,15H2,1H3. The molecule has 6 heteroatoms. The molecule has 1 unspecified atom stereocenters. The average molecular weight is 247 g/mol. The van der Waals surface area contributed by atoms with E-state index in [-0.39, 0.29) is 6.42 Å². The van der Waals surface area contributed by atoms with Crippen LogP contribution in [0, 0.1) is 0 Å². The number of hydrogen-bond acceptors (Lipinski definition) is 3. The highest BCUT2D eigenvalue weighted by atomic mass is 19.4. The molecule has 0 saturated heterocycles. The summed E-state index contributed by atoms with van der Waals surface area (Å²) in [6.07, 6.45) is -4.44. The first-order valence-corrected chi connectivity index (χ1v) is 4.84. The van der Waals surface area contributed by atoms with Crippen LogP contribution in [-0.4, -0.2) is 13.1 Å². The van der Waals surface area contributed by atoms with E-state index in [2.05, 4.69) is 4.74 Å². The highest BCUT2D eigenvalue weighted by molar-refractivity contribution is 5.70. The molecule has 0 heterocycles. The van der Waals surface area contributed by atoms with Gasteiger partial charge in [0.2, 0.25) is 0 Å². The van der Waals surface area contributed by atoms with E-state index in [1.807, 2.05) is 0 Å². The van der Waals surface area contributed by atoms with Crippen LogP contribution in [0.15, 0.2) is 24.3 Å². The van der Waals surface area contributed by atoms with E-state index >= 15 is 0 Å². The van der Waals surface area contributed by atoms with Gasteiger partial charge in [0.1, 0.15) is 0 Å². The van der Waals surface area contributed by atoms with Crippen LogP contribution < -0.4 is 5.73 Å². The van der Waals surface area contributed by atoms with Crippen molar-refractivity contribution in [3.8, 4) is 0 Å². The smallest absolute Gasteiger partial charge is 0.416 e. The maximum atomic E-state index is 12.3. The predicted octanol–water partition coefficient (Wildman–Crippen LogP) is 2.27. The lowest BCUT2D eigenvalue weighted by Gasteiger charge is -2.12. The molecule has 3 nitrogen and oxygen atoms in total. The number of esters is 1. The molecule has 17 heavy (non-hydrogen) atoms. The number of nitrogens with two attached hydrogens (primary N) is 1. The Morgan fingerprint density at radius 3 is 2.29 bits per heavy atom. The number of benzene rings is 1. The first-order valence-electron chi connectivity index (χ1n) is 4.84. The van der Waals surface area contributed by atoms with Crippen molar-refractivity contribution in [1.82, 2.24) is 0 Å². The molecule has 2 N–H and O–H groups in total. The Labute approximate surface area is 96.4 Å². The average Bonchev–Trinajstić information content (AvgIpc) is 2.27.